The summed E-state index contributed by atoms with van der Waals surface area (Å²) in [7, 11) is 0. The molecule has 0 amide bonds. The van der Waals surface area contributed by atoms with Gasteiger partial charge < -0.3 is 4.57 Å². The van der Waals surface area contributed by atoms with Crippen molar-refractivity contribution in [3.05, 3.63) is 34.4 Å². The highest BCUT2D eigenvalue weighted by Crippen LogP contribution is 2.27. The first-order valence-electron chi connectivity index (χ1n) is 6.01. The molecule has 0 aliphatic heterocycles. The van der Waals surface area contributed by atoms with Crippen LogP contribution in [0.5, 0.6) is 0 Å². The van der Waals surface area contributed by atoms with Gasteiger partial charge in [0.05, 0.1) is 0 Å². The van der Waals surface area contributed by atoms with Gasteiger partial charge in [-0.3, -0.25) is 0 Å². The van der Waals surface area contributed by atoms with E-state index in [-0.39, 0.29) is 0 Å². The highest BCUT2D eigenvalue weighted by molar-refractivity contribution is 9.10. The summed E-state index contributed by atoms with van der Waals surface area (Å²) in [5.74, 6) is 1.10. The van der Waals surface area contributed by atoms with Crippen LogP contribution in [0.15, 0.2) is 28.7 Å². The van der Waals surface area contributed by atoms with Gasteiger partial charge in [-0.05, 0) is 36.4 Å². The number of fused-ring (bicyclic) bond motifs is 1. The van der Waals surface area contributed by atoms with Crippen molar-refractivity contribution >= 4 is 38.6 Å². The van der Waals surface area contributed by atoms with Crippen molar-refractivity contribution < 1.29 is 0 Å². The van der Waals surface area contributed by atoms with Gasteiger partial charge in [-0.25, -0.2) is 0 Å². The van der Waals surface area contributed by atoms with E-state index in [4.69, 9.17) is 0 Å². The molecule has 1 aromatic carbocycles. The molecular weight excluding hydrogens is 294 g/mol. The summed E-state index contributed by atoms with van der Waals surface area (Å²) in [4.78, 5) is 0. The maximum atomic E-state index is 3.54. The highest BCUT2D eigenvalue weighted by atomic mass is 79.9. The number of hydrogen-bond donors (Lipinski definition) is 0. The SMILES string of the molecule is CCn1c(CSC(C)C)cc2cc(Br)ccc21. The first-order chi connectivity index (χ1) is 8.11. The fourth-order valence-corrected chi connectivity index (χ4v) is 3.17. The van der Waals surface area contributed by atoms with E-state index in [9.17, 15) is 0 Å². The molecule has 1 nitrogen and oxygen atoms in total. The van der Waals surface area contributed by atoms with Crippen LogP contribution in [0.25, 0.3) is 10.9 Å². The number of hydrogen-bond acceptors (Lipinski definition) is 1. The van der Waals surface area contributed by atoms with Crippen molar-refractivity contribution in [2.75, 3.05) is 0 Å². The second kappa shape index (κ2) is 5.49. The first kappa shape index (κ1) is 13.0. The zero-order valence-corrected chi connectivity index (χ0v) is 12.9. The Labute approximate surface area is 116 Å². The predicted molar refractivity (Wildman–Crippen MR) is 81.7 cm³/mol. The molecule has 0 aliphatic rings. The summed E-state index contributed by atoms with van der Waals surface area (Å²) < 4.78 is 3.57. The van der Waals surface area contributed by atoms with Crippen molar-refractivity contribution in [3.63, 3.8) is 0 Å². The molecule has 2 aromatic rings. The van der Waals surface area contributed by atoms with Gasteiger partial charge in [-0.15, -0.1) is 0 Å². The van der Waals surface area contributed by atoms with Crippen LogP contribution in [0, 0.1) is 0 Å². The minimum absolute atomic E-state index is 0.685. The molecule has 3 heteroatoms. The van der Waals surface area contributed by atoms with Crippen LogP contribution in [0.4, 0.5) is 0 Å². The van der Waals surface area contributed by atoms with Crippen molar-refractivity contribution in [2.24, 2.45) is 0 Å². The Morgan fingerprint density at radius 1 is 1.29 bits per heavy atom. The second-order valence-corrected chi connectivity index (χ2v) is 6.92. The molecule has 17 heavy (non-hydrogen) atoms. The minimum atomic E-state index is 0.685. The maximum absolute atomic E-state index is 3.54. The van der Waals surface area contributed by atoms with E-state index in [1.165, 1.54) is 16.6 Å². The number of aryl methyl sites for hydroxylation is 1. The van der Waals surface area contributed by atoms with E-state index in [0.29, 0.717) is 5.25 Å². The number of nitrogens with zero attached hydrogens (tertiary/aromatic N) is 1. The molecule has 0 atom stereocenters. The van der Waals surface area contributed by atoms with Gasteiger partial charge in [-0.1, -0.05) is 29.8 Å². The number of halogens is 1. The summed E-state index contributed by atoms with van der Waals surface area (Å²) in [6.45, 7) is 7.75. The van der Waals surface area contributed by atoms with Crippen LogP contribution in [0.1, 0.15) is 26.5 Å². The molecule has 0 unspecified atom stereocenters. The summed E-state index contributed by atoms with van der Waals surface area (Å²) in [5.41, 5.74) is 2.77. The van der Waals surface area contributed by atoms with Gasteiger partial charge in [0.25, 0.3) is 0 Å². The average Bonchev–Trinajstić information content (AvgIpc) is 2.62. The third kappa shape index (κ3) is 2.89. The van der Waals surface area contributed by atoms with Gasteiger partial charge >= 0.3 is 0 Å². The lowest BCUT2D eigenvalue weighted by molar-refractivity contribution is 0.765. The van der Waals surface area contributed by atoms with E-state index in [1.54, 1.807) is 0 Å². The summed E-state index contributed by atoms with van der Waals surface area (Å²) in [6.07, 6.45) is 0. The Morgan fingerprint density at radius 2 is 2.06 bits per heavy atom. The topological polar surface area (TPSA) is 4.93 Å². The molecule has 0 fully saturated rings. The lowest BCUT2D eigenvalue weighted by Gasteiger charge is -2.09. The molecule has 0 N–H and O–H groups in total. The Balaban J connectivity index is 2.41. The van der Waals surface area contributed by atoms with E-state index in [1.807, 2.05) is 11.8 Å². The van der Waals surface area contributed by atoms with Gasteiger partial charge in [0.15, 0.2) is 0 Å². The first-order valence-corrected chi connectivity index (χ1v) is 7.85. The molecule has 0 bridgehead atoms. The monoisotopic (exact) mass is 311 g/mol. The van der Waals surface area contributed by atoms with Gasteiger partial charge in [0.2, 0.25) is 0 Å². The maximum Gasteiger partial charge on any atom is 0.0483 e. The Bertz CT molecular complexity index is 516. The molecule has 0 radical (unpaired) electrons. The zero-order chi connectivity index (χ0) is 12.4. The second-order valence-electron chi connectivity index (χ2n) is 4.44. The molecular formula is C14H18BrNS. The van der Waals surface area contributed by atoms with Crippen LogP contribution in [-0.4, -0.2) is 9.82 Å². The largest absolute Gasteiger partial charge is 0.344 e. The van der Waals surface area contributed by atoms with E-state index in [2.05, 4.69) is 65.5 Å². The Hall–Kier alpha value is -0.410. The van der Waals surface area contributed by atoms with Gasteiger partial charge in [0, 0.05) is 33.4 Å². The van der Waals surface area contributed by atoms with Gasteiger partial charge in [-0.2, -0.15) is 11.8 Å². The van der Waals surface area contributed by atoms with Crippen LogP contribution in [0.2, 0.25) is 0 Å². The molecule has 92 valence electrons. The van der Waals surface area contributed by atoms with E-state index < -0.39 is 0 Å². The van der Waals surface area contributed by atoms with Crippen molar-refractivity contribution in [3.8, 4) is 0 Å². The highest BCUT2D eigenvalue weighted by Gasteiger charge is 2.08. The zero-order valence-electron chi connectivity index (χ0n) is 10.5. The Kier molecular flexibility index (Phi) is 4.21. The van der Waals surface area contributed by atoms with Crippen LogP contribution < -0.4 is 0 Å². The summed E-state index contributed by atoms with van der Waals surface area (Å²) in [5, 5.41) is 2.02. The van der Waals surface area contributed by atoms with Gasteiger partial charge in [0.1, 0.15) is 0 Å². The molecule has 0 aliphatic carbocycles. The summed E-state index contributed by atoms with van der Waals surface area (Å²) >= 11 is 5.54. The average molecular weight is 312 g/mol. The number of aromatic nitrogens is 1. The fraction of sp³-hybridized carbons (Fsp3) is 0.429. The molecule has 2 rings (SSSR count). The van der Waals surface area contributed by atoms with Crippen LogP contribution >= 0.6 is 27.7 Å². The lowest BCUT2D eigenvalue weighted by atomic mass is 10.2. The summed E-state index contributed by atoms with van der Waals surface area (Å²) in [6, 6.07) is 8.84. The van der Waals surface area contributed by atoms with Crippen molar-refractivity contribution in [1.82, 2.24) is 4.57 Å². The normalized spacial score (nSPS) is 11.6. The molecule has 1 aromatic heterocycles. The third-order valence-electron chi connectivity index (χ3n) is 2.83. The fourth-order valence-electron chi connectivity index (χ4n) is 2.04. The number of benzene rings is 1. The smallest absolute Gasteiger partial charge is 0.0483 e. The number of rotatable bonds is 4. The Morgan fingerprint density at radius 3 is 2.71 bits per heavy atom. The van der Waals surface area contributed by atoms with E-state index in [0.717, 1.165) is 16.8 Å². The molecule has 0 spiro atoms. The molecule has 0 saturated carbocycles. The minimum Gasteiger partial charge on any atom is -0.344 e. The van der Waals surface area contributed by atoms with E-state index >= 15 is 0 Å². The number of thioether (sulfide) groups is 1. The van der Waals surface area contributed by atoms with Crippen molar-refractivity contribution in [2.45, 2.75) is 38.3 Å². The standard InChI is InChI=1S/C14H18BrNS/c1-4-16-13(9-17-10(2)3)8-11-7-12(15)5-6-14(11)16/h5-8,10H,4,9H2,1-3H3. The molecule has 0 saturated heterocycles. The quantitative estimate of drug-likeness (QED) is 0.763. The van der Waals surface area contributed by atoms with Crippen molar-refractivity contribution in [1.29, 1.82) is 0 Å². The molecule has 1 heterocycles. The van der Waals surface area contributed by atoms with Crippen LogP contribution in [-0.2, 0) is 12.3 Å². The lowest BCUT2D eigenvalue weighted by Crippen LogP contribution is -2.00. The van der Waals surface area contributed by atoms with Crippen LogP contribution in [0.3, 0.4) is 0 Å². The third-order valence-corrected chi connectivity index (χ3v) is 4.45. The predicted octanol–water partition coefficient (Wildman–Crippen LogP) is 5.07.